The number of carbonyl (C=O) groups excluding carboxylic acids is 1. The Morgan fingerprint density at radius 2 is 2.36 bits per heavy atom. The van der Waals surface area contributed by atoms with E-state index < -0.39 is 0 Å². The van der Waals surface area contributed by atoms with E-state index in [1.165, 1.54) is 18.9 Å². The molecule has 0 heterocycles. The van der Waals surface area contributed by atoms with Crippen molar-refractivity contribution in [2.24, 2.45) is 5.92 Å². The molecule has 3 nitrogen and oxygen atoms in total. The summed E-state index contributed by atoms with van der Waals surface area (Å²) in [5, 5.41) is 8.90. The molecule has 0 bridgehead atoms. The highest BCUT2D eigenvalue weighted by molar-refractivity contribution is 5.87. The smallest absolute Gasteiger partial charge is 0.246 e. The molecule has 1 saturated carbocycles. The molecule has 80 valence electrons. The van der Waals surface area contributed by atoms with Gasteiger partial charge in [0, 0.05) is 12.6 Å². The summed E-state index contributed by atoms with van der Waals surface area (Å²) < 4.78 is 0. The average Bonchev–Trinajstić information content (AvgIpc) is 2.60. The van der Waals surface area contributed by atoms with Crippen molar-refractivity contribution < 1.29 is 9.90 Å². The van der Waals surface area contributed by atoms with Gasteiger partial charge in [-0.3, -0.25) is 4.79 Å². The molecule has 3 heteroatoms. The lowest BCUT2D eigenvalue weighted by Crippen LogP contribution is -2.42. The van der Waals surface area contributed by atoms with Crippen molar-refractivity contribution in [1.82, 2.24) is 4.90 Å². The topological polar surface area (TPSA) is 40.5 Å². The van der Waals surface area contributed by atoms with E-state index in [0.29, 0.717) is 18.5 Å². The van der Waals surface area contributed by atoms with E-state index in [1.807, 2.05) is 0 Å². The molecule has 1 amide bonds. The number of hydrogen-bond donors (Lipinski definition) is 1. The van der Waals surface area contributed by atoms with Crippen LogP contribution in [0.25, 0.3) is 0 Å². The van der Waals surface area contributed by atoms with Gasteiger partial charge in [-0.1, -0.05) is 19.9 Å². The van der Waals surface area contributed by atoms with Crippen LogP contribution in [-0.4, -0.2) is 35.1 Å². The Kier molecular flexibility index (Phi) is 4.14. The van der Waals surface area contributed by atoms with Crippen molar-refractivity contribution in [3.8, 4) is 0 Å². The average molecular weight is 197 g/mol. The van der Waals surface area contributed by atoms with Gasteiger partial charge in [0.1, 0.15) is 0 Å². The zero-order chi connectivity index (χ0) is 10.6. The lowest BCUT2D eigenvalue weighted by Gasteiger charge is -2.30. The van der Waals surface area contributed by atoms with E-state index in [4.69, 9.17) is 5.11 Å². The second-order valence-electron chi connectivity index (χ2n) is 3.93. The molecule has 1 rings (SSSR count). The third-order valence-electron chi connectivity index (χ3n) is 3.02. The Hall–Kier alpha value is -0.830. The fourth-order valence-electron chi connectivity index (χ4n) is 2.25. The summed E-state index contributed by atoms with van der Waals surface area (Å²) >= 11 is 0. The molecule has 1 aliphatic carbocycles. The zero-order valence-electron chi connectivity index (χ0n) is 8.78. The van der Waals surface area contributed by atoms with Gasteiger partial charge in [-0.15, -0.1) is 0 Å². The fourth-order valence-corrected chi connectivity index (χ4v) is 2.25. The van der Waals surface area contributed by atoms with Crippen LogP contribution in [-0.2, 0) is 4.79 Å². The molecule has 14 heavy (non-hydrogen) atoms. The first-order valence-electron chi connectivity index (χ1n) is 5.24. The van der Waals surface area contributed by atoms with Crippen molar-refractivity contribution in [2.75, 3.05) is 13.2 Å². The van der Waals surface area contributed by atoms with Crippen LogP contribution >= 0.6 is 0 Å². The molecule has 0 aliphatic heterocycles. The van der Waals surface area contributed by atoms with Crippen LogP contribution in [0.1, 0.15) is 26.2 Å². The van der Waals surface area contributed by atoms with Crippen LogP contribution in [0.5, 0.6) is 0 Å². The molecule has 0 saturated heterocycles. The third-order valence-corrected chi connectivity index (χ3v) is 3.02. The van der Waals surface area contributed by atoms with Gasteiger partial charge in [-0.05, 0) is 24.8 Å². The molecule has 0 aromatic rings. The van der Waals surface area contributed by atoms with Crippen LogP contribution in [0.2, 0.25) is 0 Å². The highest BCUT2D eigenvalue weighted by Gasteiger charge is 2.30. The van der Waals surface area contributed by atoms with Crippen LogP contribution in [0.4, 0.5) is 0 Å². The van der Waals surface area contributed by atoms with Crippen LogP contribution in [0, 0.1) is 5.92 Å². The molecule has 2 unspecified atom stereocenters. The summed E-state index contributed by atoms with van der Waals surface area (Å²) in [6, 6.07) is 0.299. The van der Waals surface area contributed by atoms with Crippen LogP contribution in [0.15, 0.2) is 12.7 Å². The summed E-state index contributed by atoms with van der Waals surface area (Å²) in [4.78, 5) is 13.3. The summed E-state index contributed by atoms with van der Waals surface area (Å²) in [6.07, 6.45) is 4.75. The van der Waals surface area contributed by atoms with Crippen molar-refractivity contribution in [1.29, 1.82) is 0 Å². The Bertz CT molecular complexity index is 215. The number of rotatable bonds is 4. The van der Waals surface area contributed by atoms with E-state index >= 15 is 0 Å². The Balaban J connectivity index is 2.65. The molecule has 0 spiro atoms. The normalized spacial score (nSPS) is 26.1. The molecular formula is C11H19NO2. The van der Waals surface area contributed by atoms with Gasteiger partial charge in [0.05, 0.1) is 6.61 Å². The number of amides is 1. The quantitative estimate of drug-likeness (QED) is 0.687. The number of hydrogen-bond acceptors (Lipinski definition) is 2. The Morgan fingerprint density at radius 1 is 1.64 bits per heavy atom. The number of carbonyl (C=O) groups is 1. The standard InChI is InChI=1S/C11H19NO2/c1-3-11(14)12(7-8-13)10-6-4-5-9(10)2/h3,9-10,13H,1,4-8H2,2H3. The summed E-state index contributed by atoms with van der Waals surface area (Å²) in [6.45, 7) is 6.11. The van der Waals surface area contributed by atoms with Crippen molar-refractivity contribution in [3.63, 3.8) is 0 Å². The second-order valence-corrected chi connectivity index (χ2v) is 3.93. The van der Waals surface area contributed by atoms with E-state index in [0.717, 1.165) is 6.42 Å². The lowest BCUT2D eigenvalue weighted by atomic mass is 10.0. The van der Waals surface area contributed by atoms with Gasteiger partial charge >= 0.3 is 0 Å². The second kappa shape index (κ2) is 5.15. The van der Waals surface area contributed by atoms with E-state index in [1.54, 1.807) is 4.90 Å². The maximum absolute atomic E-state index is 11.5. The zero-order valence-corrected chi connectivity index (χ0v) is 8.78. The minimum atomic E-state index is -0.0576. The van der Waals surface area contributed by atoms with Crippen molar-refractivity contribution in [3.05, 3.63) is 12.7 Å². The van der Waals surface area contributed by atoms with Crippen LogP contribution in [0.3, 0.4) is 0 Å². The fraction of sp³-hybridized carbons (Fsp3) is 0.727. The summed E-state index contributed by atoms with van der Waals surface area (Å²) in [5.41, 5.74) is 0. The third kappa shape index (κ3) is 2.35. The molecule has 0 aromatic heterocycles. The maximum Gasteiger partial charge on any atom is 0.246 e. The summed E-state index contributed by atoms with van der Waals surface area (Å²) in [5.74, 6) is 0.489. The van der Waals surface area contributed by atoms with Gasteiger partial charge in [-0.25, -0.2) is 0 Å². The highest BCUT2D eigenvalue weighted by atomic mass is 16.3. The van der Waals surface area contributed by atoms with E-state index in [2.05, 4.69) is 13.5 Å². The molecule has 1 aliphatic rings. The first-order chi connectivity index (χ1) is 6.70. The lowest BCUT2D eigenvalue weighted by molar-refractivity contribution is -0.129. The minimum absolute atomic E-state index is 0.0306. The van der Waals surface area contributed by atoms with Crippen molar-refractivity contribution in [2.45, 2.75) is 32.2 Å². The van der Waals surface area contributed by atoms with Crippen molar-refractivity contribution >= 4 is 5.91 Å². The number of aliphatic hydroxyl groups excluding tert-OH is 1. The SMILES string of the molecule is C=CC(=O)N(CCO)C1CCCC1C. The number of aliphatic hydroxyl groups is 1. The molecule has 1 N–H and O–H groups in total. The van der Waals surface area contributed by atoms with Gasteiger partial charge in [0.15, 0.2) is 0 Å². The van der Waals surface area contributed by atoms with Gasteiger partial charge in [0.2, 0.25) is 5.91 Å². The largest absolute Gasteiger partial charge is 0.395 e. The highest BCUT2D eigenvalue weighted by Crippen LogP contribution is 2.29. The Morgan fingerprint density at radius 3 is 2.79 bits per heavy atom. The number of nitrogens with zero attached hydrogens (tertiary/aromatic N) is 1. The van der Waals surface area contributed by atoms with Gasteiger partial charge < -0.3 is 10.0 Å². The first kappa shape index (κ1) is 11.2. The van der Waals surface area contributed by atoms with Gasteiger partial charge in [0.25, 0.3) is 0 Å². The summed E-state index contributed by atoms with van der Waals surface area (Å²) in [7, 11) is 0. The predicted molar refractivity (Wildman–Crippen MR) is 55.8 cm³/mol. The van der Waals surface area contributed by atoms with Crippen LogP contribution < -0.4 is 0 Å². The maximum atomic E-state index is 11.5. The van der Waals surface area contributed by atoms with E-state index in [-0.39, 0.29) is 12.5 Å². The first-order valence-corrected chi connectivity index (χ1v) is 5.24. The van der Waals surface area contributed by atoms with Gasteiger partial charge in [-0.2, -0.15) is 0 Å². The molecule has 0 aromatic carbocycles. The predicted octanol–water partition coefficient (Wildman–Crippen LogP) is 1.18. The monoisotopic (exact) mass is 197 g/mol. The molecule has 2 atom stereocenters. The van der Waals surface area contributed by atoms with E-state index in [9.17, 15) is 4.79 Å². The molecular weight excluding hydrogens is 178 g/mol. The minimum Gasteiger partial charge on any atom is -0.395 e. The molecule has 0 radical (unpaired) electrons. The Labute approximate surface area is 85.4 Å². The molecule has 1 fully saturated rings.